The number of nitrogens with zero attached hydrogens (tertiary/aromatic N) is 2. The number of halogens is 3. The van der Waals surface area contributed by atoms with E-state index in [1.54, 1.807) is 11.2 Å². The summed E-state index contributed by atoms with van der Waals surface area (Å²) in [6.45, 7) is 0.328. The van der Waals surface area contributed by atoms with Crippen LogP contribution < -0.4 is 10.1 Å². The van der Waals surface area contributed by atoms with Crippen LogP contribution in [0.4, 0.5) is 19.1 Å². The van der Waals surface area contributed by atoms with Gasteiger partial charge < -0.3 is 4.74 Å². The van der Waals surface area contributed by atoms with Gasteiger partial charge in [-0.05, 0) is 18.2 Å². The molecule has 0 aliphatic carbocycles. The van der Waals surface area contributed by atoms with Crippen molar-refractivity contribution in [1.29, 1.82) is 0 Å². The monoisotopic (exact) mass is 366 g/mol. The van der Waals surface area contributed by atoms with Crippen molar-refractivity contribution in [3.63, 3.8) is 0 Å². The Balaban J connectivity index is 1.59. The first-order valence-corrected chi connectivity index (χ1v) is 7.89. The average Bonchev–Trinajstić information content (AvgIpc) is 3.21. The van der Waals surface area contributed by atoms with Crippen LogP contribution in [0.25, 0.3) is 10.4 Å². The summed E-state index contributed by atoms with van der Waals surface area (Å²) in [6, 6.07) is 9.10. The standard InChI is InChI=1S/C15H9F3N4O2S/c16-15(17,18)13-20-14(22-21-13)19-12(23)10-5-7-6-24-9-4-2-1-3-8(9)11(7)25-10/h1-5H,6H2,(H2,19,20,21,22,23). The Morgan fingerprint density at radius 3 is 2.88 bits per heavy atom. The Morgan fingerprint density at radius 2 is 2.12 bits per heavy atom. The molecule has 0 spiro atoms. The molecule has 1 amide bonds. The van der Waals surface area contributed by atoms with Gasteiger partial charge in [-0.1, -0.05) is 12.1 Å². The lowest BCUT2D eigenvalue weighted by Crippen LogP contribution is -2.12. The maximum Gasteiger partial charge on any atom is 0.451 e. The van der Waals surface area contributed by atoms with E-state index in [4.69, 9.17) is 4.74 Å². The highest BCUT2D eigenvalue weighted by Crippen LogP contribution is 2.42. The highest BCUT2D eigenvalue weighted by atomic mass is 32.1. The van der Waals surface area contributed by atoms with Crippen molar-refractivity contribution in [3.05, 3.63) is 46.6 Å². The second kappa shape index (κ2) is 5.59. The number of ether oxygens (including phenoxy) is 1. The summed E-state index contributed by atoms with van der Waals surface area (Å²) >= 11 is 1.24. The number of carbonyl (C=O) groups is 1. The number of aromatic nitrogens is 3. The SMILES string of the molecule is O=C(Nc1n[nH]c(C(F)(F)F)n1)c1cc2c(s1)-c1ccccc1OC2. The second-order valence-corrected chi connectivity index (χ2v) is 6.26. The van der Waals surface area contributed by atoms with Crippen LogP contribution in [0, 0.1) is 0 Å². The number of nitrogens with one attached hydrogen (secondary N) is 2. The van der Waals surface area contributed by atoms with E-state index in [-0.39, 0.29) is 0 Å². The molecule has 0 unspecified atom stereocenters. The van der Waals surface area contributed by atoms with Gasteiger partial charge in [-0.25, -0.2) is 0 Å². The van der Waals surface area contributed by atoms with Crippen molar-refractivity contribution in [3.8, 4) is 16.2 Å². The Morgan fingerprint density at radius 1 is 1.32 bits per heavy atom. The van der Waals surface area contributed by atoms with E-state index < -0.39 is 23.9 Å². The third kappa shape index (κ3) is 2.84. The summed E-state index contributed by atoms with van der Waals surface area (Å²) in [5.74, 6) is -1.55. The van der Waals surface area contributed by atoms with Gasteiger partial charge >= 0.3 is 6.18 Å². The lowest BCUT2D eigenvalue weighted by molar-refractivity contribution is -0.144. The topological polar surface area (TPSA) is 79.9 Å². The van der Waals surface area contributed by atoms with Crippen molar-refractivity contribution in [1.82, 2.24) is 15.2 Å². The molecule has 0 bridgehead atoms. The van der Waals surface area contributed by atoms with Gasteiger partial charge in [0.2, 0.25) is 11.8 Å². The fraction of sp³-hybridized carbons (Fsp3) is 0.133. The van der Waals surface area contributed by atoms with E-state index in [1.807, 2.05) is 24.3 Å². The summed E-state index contributed by atoms with van der Waals surface area (Å²) in [5.41, 5.74) is 1.73. The number of hydrogen-bond donors (Lipinski definition) is 2. The number of hydrogen-bond acceptors (Lipinski definition) is 5. The van der Waals surface area contributed by atoms with Crippen LogP contribution >= 0.6 is 11.3 Å². The molecule has 2 N–H and O–H groups in total. The summed E-state index contributed by atoms with van der Waals surface area (Å²) in [6.07, 6.45) is -4.65. The van der Waals surface area contributed by atoms with E-state index in [0.29, 0.717) is 11.5 Å². The van der Waals surface area contributed by atoms with Gasteiger partial charge in [0.1, 0.15) is 12.4 Å². The van der Waals surface area contributed by atoms with E-state index in [0.717, 1.165) is 21.8 Å². The Bertz CT molecular complexity index is 964. The van der Waals surface area contributed by atoms with Crippen LogP contribution in [0.3, 0.4) is 0 Å². The molecule has 4 rings (SSSR count). The van der Waals surface area contributed by atoms with Crippen molar-refractivity contribution in [2.75, 3.05) is 5.32 Å². The van der Waals surface area contributed by atoms with Gasteiger partial charge in [-0.3, -0.25) is 15.2 Å². The number of carbonyl (C=O) groups excluding carboxylic acids is 1. The molecular weight excluding hydrogens is 357 g/mol. The number of para-hydroxylation sites is 1. The molecule has 0 atom stereocenters. The molecule has 1 aromatic carbocycles. The van der Waals surface area contributed by atoms with Crippen molar-refractivity contribution in [2.45, 2.75) is 12.8 Å². The average molecular weight is 366 g/mol. The molecule has 0 saturated heterocycles. The zero-order valence-corrected chi connectivity index (χ0v) is 13.2. The minimum absolute atomic E-state index is 0.328. The minimum Gasteiger partial charge on any atom is -0.488 e. The van der Waals surface area contributed by atoms with Crippen molar-refractivity contribution < 1.29 is 22.7 Å². The van der Waals surface area contributed by atoms with E-state index in [2.05, 4.69) is 15.4 Å². The Labute approximate surface area is 142 Å². The van der Waals surface area contributed by atoms with Crippen LogP contribution in [0.1, 0.15) is 21.1 Å². The van der Waals surface area contributed by atoms with Crippen LogP contribution in [0.15, 0.2) is 30.3 Å². The fourth-order valence-electron chi connectivity index (χ4n) is 2.42. The van der Waals surface area contributed by atoms with Crippen LogP contribution in [-0.2, 0) is 12.8 Å². The smallest absolute Gasteiger partial charge is 0.451 e. The number of anilines is 1. The van der Waals surface area contributed by atoms with Crippen LogP contribution in [-0.4, -0.2) is 21.1 Å². The van der Waals surface area contributed by atoms with Crippen LogP contribution in [0.5, 0.6) is 5.75 Å². The maximum absolute atomic E-state index is 12.5. The van der Waals surface area contributed by atoms with Gasteiger partial charge in [0.25, 0.3) is 5.91 Å². The van der Waals surface area contributed by atoms with Gasteiger partial charge in [-0.2, -0.15) is 18.2 Å². The van der Waals surface area contributed by atoms with E-state index in [9.17, 15) is 18.0 Å². The molecule has 2 aromatic heterocycles. The predicted octanol–water partition coefficient (Wildman–Crippen LogP) is 3.70. The molecule has 10 heteroatoms. The zero-order chi connectivity index (χ0) is 17.6. The second-order valence-electron chi connectivity index (χ2n) is 5.21. The summed E-state index contributed by atoms with van der Waals surface area (Å²) in [7, 11) is 0. The lowest BCUT2D eigenvalue weighted by atomic mass is 10.1. The number of amides is 1. The maximum atomic E-state index is 12.5. The van der Waals surface area contributed by atoms with E-state index in [1.165, 1.54) is 11.3 Å². The summed E-state index contributed by atoms with van der Waals surface area (Å²) in [4.78, 5) is 16.7. The normalized spacial score (nSPS) is 12.9. The molecule has 3 aromatic rings. The highest BCUT2D eigenvalue weighted by molar-refractivity contribution is 7.17. The van der Waals surface area contributed by atoms with Crippen molar-refractivity contribution >= 4 is 23.2 Å². The van der Waals surface area contributed by atoms with E-state index >= 15 is 0 Å². The molecule has 1 aliphatic rings. The first kappa shape index (κ1) is 15.6. The largest absolute Gasteiger partial charge is 0.488 e. The number of benzene rings is 1. The van der Waals surface area contributed by atoms with Crippen molar-refractivity contribution in [2.24, 2.45) is 0 Å². The molecule has 0 saturated carbocycles. The first-order valence-electron chi connectivity index (χ1n) is 7.07. The molecule has 6 nitrogen and oxygen atoms in total. The van der Waals surface area contributed by atoms with Crippen LogP contribution in [0.2, 0.25) is 0 Å². The van der Waals surface area contributed by atoms with Gasteiger partial charge in [-0.15, -0.1) is 16.4 Å². The number of H-pyrrole nitrogens is 1. The highest BCUT2D eigenvalue weighted by Gasteiger charge is 2.35. The molecule has 128 valence electrons. The fourth-order valence-corrected chi connectivity index (χ4v) is 3.51. The molecule has 25 heavy (non-hydrogen) atoms. The Kier molecular flexibility index (Phi) is 3.49. The number of fused-ring (bicyclic) bond motifs is 3. The zero-order valence-electron chi connectivity index (χ0n) is 12.3. The third-order valence-electron chi connectivity index (χ3n) is 3.53. The summed E-state index contributed by atoms with van der Waals surface area (Å²) < 4.78 is 43.1. The Hall–Kier alpha value is -2.88. The minimum atomic E-state index is -4.65. The predicted molar refractivity (Wildman–Crippen MR) is 83.4 cm³/mol. The number of alkyl halides is 3. The lowest BCUT2D eigenvalue weighted by Gasteiger charge is -2.16. The third-order valence-corrected chi connectivity index (χ3v) is 4.74. The van der Waals surface area contributed by atoms with Gasteiger partial charge in [0, 0.05) is 16.0 Å². The first-order chi connectivity index (χ1) is 11.9. The number of rotatable bonds is 2. The molecular formula is C15H9F3N4O2S. The molecule has 1 aliphatic heterocycles. The van der Waals surface area contributed by atoms with Gasteiger partial charge in [0.15, 0.2) is 0 Å². The summed E-state index contributed by atoms with van der Waals surface area (Å²) in [5, 5.41) is 7.37. The molecule has 0 fully saturated rings. The molecule has 3 heterocycles. The van der Waals surface area contributed by atoms with Gasteiger partial charge in [0.05, 0.1) is 4.88 Å². The molecule has 0 radical (unpaired) electrons. The number of thiophene rings is 1. The number of aromatic amines is 1. The quantitative estimate of drug-likeness (QED) is 0.725.